The number of hydrogen-bond acceptors (Lipinski definition) is 4. The Morgan fingerprint density at radius 2 is 2.11 bits per heavy atom. The predicted molar refractivity (Wildman–Crippen MR) is 68.2 cm³/mol. The lowest BCUT2D eigenvalue weighted by atomic mass is 10.0. The van der Waals surface area contributed by atoms with Crippen LogP contribution in [-0.4, -0.2) is 31.8 Å². The third kappa shape index (κ3) is 3.37. The first-order chi connectivity index (χ1) is 8.63. The second-order valence-corrected chi connectivity index (χ2v) is 3.79. The number of hydrogen-bond donors (Lipinski definition) is 2. The Balaban J connectivity index is 3.13. The molecule has 0 bridgehead atoms. The van der Waals surface area contributed by atoms with Gasteiger partial charge < -0.3 is 19.9 Å². The highest BCUT2D eigenvalue weighted by Gasteiger charge is 2.20. The van der Waals surface area contributed by atoms with Gasteiger partial charge in [-0.1, -0.05) is 19.1 Å². The fourth-order valence-electron chi connectivity index (χ4n) is 1.90. The van der Waals surface area contributed by atoms with Crippen LogP contribution in [0.3, 0.4) is 0 Å². The van der Waals surface area contributed by atoms with Gasteiger partial charge in [-0.3, -0.25) is 4.79 Å². The highest BCUT2D eigenvalue weighted by molar-refractivity contribution is 5.68. The largest absolute Gasteiger partial charge is 0.493 e. The molecular formula is C13H19NO4. The number of methoxy groups -OCH3 is 2. The molecular weight excluding hydrogens is 234 g/mol. The van der Waals surface area contributed by atoms with Crippen molar-refractivity contribution in [1.29, 1.82) is 0 Å². The first kappa shape index (κ1) is 14.3. The molecule has 1 aromatic rings. The van der Waals surface area contributed by atoms with E-state index in [4.69, 9.17) is 14.6 Å². The van der Waals surface area contributed by atoms with Gasteiger partial charge in [-0.2, -0.15) is 0 Å². The van der Waals surface area contributed by atoms with E-state index in [1.54, 1.807) is 20.3 Å². The van der Waals surface area contributed by atoms with E-state index in [1.165, 1.54) is 0 Å². The zero-order chi connectivity index (χ0) is 13.5. The van der Waals surface area contributed by atoms with Gasteiger partial charge in [-0.15, -0.1) is 0 Å². The summed E-state index contributed by atoms with van der Waals surface area (Å²) in [6, 6.07) is 5.16. The van der Waals surface area contributed by atoms with Crippen LogP contribution in [0.1, 0.15) is 24.9 Å². The van der Waals surface area contributed by atoms with Crippen molar-refractivity contribution in [1.82, 2.24) is 5.32 Å². The van der Waals surface area contributed by atoms with Crippen molar-refractivity contribution < 1.29 is 19.4 Å². The fourth-order valence-corrected chi connectivity index (χ4v) is 1.90. The first-order valence-electron chi connectivity index (χ1n) is 5.80. The number of aliphatic carboxylic acids is 1. The summed E-state index contributed by atoms with van der Waals surface area (Å²) >= 11 is 0. The molecule has 18 heavy (non-hydrogen) atoms. The molecule has 0 heterocycles. The Labute approximate surface area is 107 Å². The molecule has 0 amide bonds. The molecule has 0 saturated carbocycles. The number of carbonyl (C=O) groups is 1. The number of ether oxygens (including phenoxy) is 2. The highest BCUT2D eigenvalue weighted by Crippen LogP contribution is 2.35. The summed E-state index contributed by atoms with van der Waals surface area (Å²) in [6.07, 6.45) is -0.00261. The van der Waals surface area contributed by atoms with E-state index in [2.05, 4.69) is 5.32 Å². The summed E-state index contributed by atoms with van der Waals surface area (Å²) in [4.78, 5) is 10.9. The van der Waals surface area contributed by atoms with Crippen molar-refractivity contribution in [2.24, 2.45) is 0 Å². The van der Waals surface area contributed by atoms with E-state index in [-0.39, 0.29) is 12.5 Å². The normalized spacial score (nSPS) is 11.9. The van der Waals surface area contributed by atoms with Crippen molar-refractivity contribution in [3.05, 3.63) is 23.8 Å². The molecule has 1 unspecified atom stereocenters. The van der Waals surface area contributed by atoms with Gasteiger partial charge in [0.2, 0.25) is 0 Å². The smallest absolute Gasteiger partial charge is 0.305 e. The number of rotatable bonds is 7. The van der Waals surface area contributed by atoms with Crippen LogP contribution in [0.25, 0.3) is 0 Å². The Bertz CT molecular complexity index is 406. The molecule has 1 atom stereocenters. The van der Waals surface area contributed by atoms with Crippen molar-refractivity contribution in [3.8, 4) is 11.5 Å². The minimum Gasteiger partial charge on any atom is -0.493 e. The third-order valence-electron chi connectivity index (χ3n) is 2.64. The summed E-state index contributed by atoms with van der Waals surface area (Å²) in [6.45, 7) is 2.61. The lowest BCUT2D eigenvalue weighted by molar-refractivity contribution is -0.137. The van der Waals surface area contributed by atoms with Crippen LogP contribution >= 0.6 is 0 Å². The zero-order valence-electron chi connectivity index (χ0n) is 10.9. The molecule has 0 aliphatic rings. The van der Waals surface area contributed by atoms with Gasteiger partial charge in [0.1, 0.15) is 0 Å². The monoisotopic (exact) mass is 253 g/mol. The molecule has 0 fully saturated rings. The maximum Gasteiger partial charge on any atom is 0.305 e. The number of nitrogens with one attached hydrogen (secondary N) is 1. The predicted octanol–water partition coefficient (Wildman–Crippen LogP) is 1.83. The lowest BCUT2D eigenvalue weighted by Crippen LogP contribution is -2.24. The second-order valence-electron chi connectivity index (χ2n) is 3.79. The number of benzene rings is 1. The third-order valence-corrected chi connectivity index (χ3v) is 2.64. The Kier molecular flexibility index (Phi) is 5.45. The molecule has 0 aliphatic carbocycles. The van der Waals surface area contributed by atoms with E-state index >= 15 is 0 Å². The van der Waals surface area contributed by atoms with Crippen LogP contribution in [0.4, 0.5) is 0 Å². The fraction of sp³-hybridized carbons (Fsp3) is 0.462. The SMILES string of the molecule is CCNC(CC(=O)O)c1cccc(OC)c1OC. The van der Waals surface area contributed by atoms with Crippen LogP contribution in [0.5, 0.6) is 11.5 Å². The first-order valence-corrected chi connectivity index (χ1v) is 5.80. The van der Waals surface area contributed by atoms with Gasteiger partial charge in [-0.05, 0) is 12.6 Å². The van der Waals surface area contributed by atoms with Crippen LogP contribution in [0.15, 0.2) is 18.2 Å². The van der Waals surface area contributed by atoms with Gasteiger partial charge in [0.25, 0.3) is 0 Å². The van der Waals surface area contributed by atoms with Gasteiger partial charge in [0.15, 0.2) is 11.5 Å². The van der Waals surface area contributed by atoms with Gasteiger partial charge in [0.05, 0.1) is 20.6 Å². The molecule has 1 aromatic carbocycles. The maximum absolute atomic E-state index is 10.9. The topological polar surface area (TPSA) is 67.8 Å². The summed E-state index contributed by atoms with van der Waals surface area (Å²) < 4.78 is 10.5. The number of carboxylic acids is 1. The average Bonchev–Trinajstić information content (AvgIpc) is 2.36. The van der Waals surface area contributed by atoms with E-state index in [1.807, 2.05) is 19.1 Å². The summed E-state index contributed by atoms with van der Waals surface area (Å²) in [5.41, 5.74) is 0.793. The van der Waals surface area contributed by atoms with Crippen molar-refractivity contribution in [3.63, 3.8) is 0 Å². The van der Waals surface area contributed by atoms with E-state index in [0.29, 0.717) is 18.0 Å². The summed E-state index contributed by atoms with van der Waals surface area (Å²) in [5, 5.41) is 12.1. The summed E-state index contributed by atoms with van der Waals surface area (Å²) in [7, 11) is 3.10. The number of carboxylic acid groups (broad SMARTS) is 1. The van der Waals surface area contributed by atoms with Gasteiger partial charge in [0, 0.05) is 11.6 Å². The zero-order valence-corrected chi connectivity index (χ0v) is 10.9. The molecule has 5 nitrogen and oxygen atoms in total. The van der Waals surface area contributed by atoms with Gasteiger partial charge in [-0.25, -0.2) is 0 Å². The molecule has 0 radical (unpaired) electrons. The minimum atomic E-state index is -0.856. The molecule has 100 valence electrons. The minimum absolute atomic E-state index is 0.00261. The molecule has 0 saturated heterocycles. The van der Waals surface area contributed by atoms with E-state index in [9.17, 15) is 4.79 Å². The molecule has 0 aliphatic heterocycles. The standard InChI is InChI=1S/C13H19NO4/c1-4-14-10(8-12(15)16)9-6-5-7-11(17-2)13(9)18-3/h5-7,10,14H,4,8H2,1-3H3,(H,15,16). The molecule has 2 N–H and O–H groups in total. The van der Waals surface area contributed by atoms with Crippen LogP contribution in [-0.2, 0) is 4.79 Å². The van der Waals surface area contributed by atoms with Crippen LogP contribution < -0.4 is 14.8 Å². The Hall–Kier alpha value is -1.75. The van der Waals surface area contributed by atoms with Gasteiger partial charge >= 0.3 is 5.97 Å². The Morgan fingerprint density at radius 3 is 2.61 bits per heavy atom. The van der Waals surface area contributed by atoms with E-state index < -0.39 is 5.97 Å². The Morgan fingerprint density at radius 1 is 1.39 bits per heavy atom. The van der Waals surface area contributed by atoms with Crippen molar-refractivity contribution in [2.75, 3.05) is 20.8 Å². The number of para-hydroxylation sites is 1. The molecule has 0 aromatic heterocycles. The maximum atomic E-state index is 10.9. The van der Waals surface area contributed by atoms with E-state index in [0.717, 1.165) is 5.56 Å². The highest BCUT2D eigenvalue weighted by atomic mass is 16.5. The lowest BCUT2D eigenvalue weighted by Gasteiger charge is -2.20. The summed E-state index contributed by atoms with van der Waals surface area (Å²) in [5.74, 6) is 0.321. The molecule has 1 rings (SSSR count). The van der Waals surface area contributed by atoms with Crippen LogP contribution in [0, 0.1) is 0 Å². The quantitative estimate of drug-likeness (QED) is 0.776. The van der Waals surface area contributed by atoms with Crippen LogP contribution in [0.2, 0.25) is 0 Å². The van der Waals surface area contributed by atoms with Crippen molar-refractivity contribution in [2.45, 2.75) is 19.4 Å². The average molecular weight is 253 g/mol. The molecule has 0 spiro atoms. The second kappa shape index (κ2) is 6.86. The molecule has 5 heteroatoms. The van der Waals surface area contributed by atoms with Crippen molar-refractivity contribution >= 4 is 5.97 Å².